The summed E-state index contributed by atoms with van der Waals surface area (Å²) >= 11 is 5.63. The van der Waals surface area contributed by atoms with Gasteiger partial charge in [0.05, 0.1) is 12.0 Å². The third-order valence-electron chi connectivity index (χ3n) is 2.72. The summed E-state index contributed by atoms with van der Waals surface area (Å²) in [7, 11) is 1.19. The van der Waals surface area contributed by atoms with Crippen molar-refractivity contribution in [1.29, 1.82) is 0 Å². The summed E-state index contributed by atoms with van der Waals surface area (Å²) in [5.74, 6) is -1.69. The van der Waals surface area contributed by atoms with E-state index in [9.17, 15) is 19.7 Å². The highest BCUT2D eigenvalue weighted by atomic mass is 35.5. The van der Waals surface area contributed by atoms with E-state index in [1.165, 1.54) is 13.3 Å². The number of ether oxygens (including phenoxy) is 1. The number of pyridine rings is 1. The first-order valence-electron chi connectivity index (χ1n) is 5.97. The van der Waals surface area contributed by atoms with Crippen LogP contribution in [0.25, 0.3) is 0 Å². The molecule has 8 nitrogen and oxygen atoms in total. The fraction of sp³-hybridized carbons (Fsp3) is 0.417. The lowest BCUT2D eigenvalue weighted by Crippen LogP contribution is -2.45. The molecule has 0 fully saturated rings. The lowest BCUT2D eigenvalue weighted by atomic mass is 10.0. The molecule has 1 atom stereocenters. The quantitative estimate of drug-likeness (QED) is 0.382. The molecular formula is C12H14ClN3O5. The molecule has 0 aromatic carbocycles. The second kappa shape index (κ2) is 6.98. The Labute approximate surface area is 125 Å². The van der Waals surface area contributed by atoms with Gasteiger partial charge in [-0.05, 0) is 12.0 Å². The van der Waals surface area contributed by atoms with E-state index in [1.807, 2.05) is 0 Å². The molecule has 0 saturated heterocycles. The summed E-state index contributed by atoms with van der Waals surface area (Å²) in [5, 5.41) is 13.0. The third-order valence-corrected chi connectivity index (χ3v) is 2.99. The Balaban J connectivity index is 3.12. The van der Waals surface area contributed by atoms with Gasteiger partial charge in [0.15, 0.2) is 0 Å². The Morgan fingerprint density at radius 2 is 2.10 bits per heavy atom. The number of halogens is 1. The number of amides is 1. The first kappa shape index (κ1) is 16.8. The standard InChI is InChI=1S/C12H14ClN3O5/c1-6(2)8(12(18)21-3)15-11(17)7-4-5-14-10(13)9(7)16(19)20/h4-6,8H,1-3H3,(H,15,17). The van der Waals surface area contributed by atoms with Crippen LogP contribution in [0.15, 0.2) is 12.3 Å². The number of rotatable bonds is 5. The second-order valence-electron chi connectivity index (χ2n) is 4.47. The highest BCUT2D eigenvalue weighted by molar-refractivity contribution is 6.32. The van der Waals surface area contributed by atoms with Crippen LogP contribution in [0.4, 0.5) is 5.69 Å². The smallest absolute Gasteiger partial charge is 0.328 e. The highest BCUT2D eigenvalue weighted by Crippen LogP contribution is 2.26. The average molecular weight is 316 g/mol. The van der Waals surface area contributed by atoms with Crippen LogP contribution in [-0.2, 0) is 9.53 Å². The molecule has 0 aliphatic carbocycles. The van der Waals surface area contributed by atoms with Gasteiger partial charge in [-0.2, -0.15) is 0 Å². The summed E-state index contributed by atoms with van der Waals surface area (Å²) in [5.41, 5.74) is -0.876. The van der Waals surface area contributed by atoms with E-state index in [0.717, 1.165) is 6.07 Å². The van der Waals surface area contributed by atoms with Crippen molar-refractivity contribution in [2.24, 2.45) is 5.92 Å². The fourth-order valence-corrected chi connectivity index (χ4v) is 1.86. The van der Waals surface area contributed by atoms with Crippen LogP contribution in [0.3, 0.4) is 0 Å². The zero-order valence-electron chi connectivity index (χ0n) is 11.6. The molecule has 0 saturated carbocycles. The lowest BCUT2D eigenvalue weighted by Gasteiger charge is -2.19. The largest absolute Gasteiger partial charge is 0.467 e. The van der Waals surface area contributed by atoms with Crippen LogP contribution >= 0.6 is 11.6 Å². The van der Waals surface area contributed by atoms with Crippen LogP contribution < -0.4 is 5.32 Å². The Bertz CT molecular complexity index is 576. The molecule has 114 valence electrons. The summed E-state index contributed by atoms with van der Waals surface area (Å²) in [6.45, 7) is 3.41. The SMILES string of the molecule is COC(=O)C(NC(=O)c1ccnc(Cl)c1[N+](=O)[O-])C(C)C. The Morgan fingerprint density at radius 1 is 1.48 bits per heavy atom. The number of carbonyl (C=O) groups excluding carboxylic acids is 2. The minimum Gasteiger partial charge on any atom is -0.467 e. The number of carbonyl (C=O) groups is 2. The van der Waals surface area contributed by atoms with Gasteiger partial charge in [-0.25, -0.2) is 9.78 Å². The van der Waals surface area contributed by atoms with Gasteiger partial charge in [-0.3, -0.25) is 14.9 Å². The molecule has 1 rings (SSSR count). The van der Waals surface area contributed by atoms with E-state index < -0.39 is 33.7 Å². The fourth-order valence-electron chi connectivity index (χ4n) is 1.63. The number of nitrogens with one attached hydrogen (secondary N) is 1. The van der Waals surface area contributed by atoms with E-state index in [4.69, 9.17) is 11.6 Å². The maximum atomic E-state index is 12.1. The Hall–Kier alpha value is -2.22. The number of aromatic nitrogens is 1. The maximum Gasteiger partial charge on any atom is 0.328 e. The van der Waals surface area contributed by atoms with Gasteiger partial charge in [0.2, 0.25) is 5.15 Å². The van der Waals surface area contributed by atoms with Crippen molar-refractivity contribution in [3.63, 3.8) is 0 Å². The molecule has 1 amide bonds. The van der Waals surface area contributed by atoms with E-state index in [0.29, 0.717) is 0 Å². The van der Waals surface area contributed by atoms with E-state index in [-0.39, 0.29) is 11.5 Å². The molecule has 21 heavy (non-hydrogen) atoms. The van der Waals surface area contributed by atoms with Crippen LogP contribution in [0, 0.1) is 16.0 Å². The number of nitro groups is 1. The minimum absolute atomic E-state index is 0.252. The van der Waals surface area contributed by atoms with E-state index in [2.05, 4.69) is 15.0 Å². The number of nitrogens with zero attached hydrogens (tertiary/aromatic N) is 2. The normalized spacial score (nSPS) is 11.9. The number of hydrogen-bond donors (Lipinski definition) is 1. The first-order valence-corrected chi connectivity index (χ1v) is 6.35. The molecule has 1 N–H and O–H groups in total. The van der Waals surface area contributed by atoms with Crippen LogP contribution in [0.2, 0.25) is 5.15 Å². The van der Waals surface area contributed by atoms with Crippen molar-refractivity contribution in [3.8, 4) is 0 Å². The first-order chi connectivity index (χ1) is 9.79. The van der Waals surface area contributed by atoms with Gasteiger partial charge in [0.1, 0.15) is 11.6 Å². The Morgan fingerprint density at radius 3 is 2.57 bits per heavy atom. The Kier molecular flexibility index (Phi) is 5.60. The van der Waals surface area contributed by atoms with Gasteiger partial charge >= 0.3 is 11.7 Å². The summed E-state index contributed by atoms with van der Waals surface area (Å²) < 4.78 is 4.59. The maximum absolute atomic E-state index is 12.1. The molecule has 0 bridgehead atoms. The molecule has 9 heteroatoms. The third kappa shape index (κ3) is 3.88. The average Bonchev–Trinajstić information content (AvgIpc) is 2.42. The number of hydrogen-bond acceptors (Lipinski definition) is 6. The van der Waals surface area contributed by atoms with Crippen molar-refractivity contribution in [1.82, 2.24) is 10.3 Å². The second-order valence-corrected chi connectivity index (χ2v) is 4.83. The van der Waals surface area contributed by atoms with Crippen molar-refractivity contribution in [2.75, 3.05) is 7.11 Å². The topological polar surface area (TPSA) is 111 Å². The molecular weight excluding hydrogens is 302 g/mol. The summed E-state index contributed by atoms with van der Waals surface area (Å²) in [4.78, 5) is 37.5. The van der Waals surface area contributed by atoms with Gasteiger partial charge in [0, 0.05) is 6.20 Å². The van der Waals surface area contributed by atoms with E-state index in [1.54, 1.807) is 13.8 Å². The number of methoxy groups -OCH3 is 1. The minimum atomic E-state index is -0.922. The van der Waals surface area contributed by atoms with Crippen molar-refractivity contribution in [2.45, 2.75) is 19.9 Å². The van der Waals surface area contributed by atoms with Crippen molar-refractivity contribution < 1.29 is 19.2 Å². The van der Waals surface area contributed by atoms with Gasteiger partial charge < -0.3 is 10.1 Å². The molecule has 1 unspecified atom stereocenters. The molecule has 1 heterocycles. The zero-order valence-corrected chi connectivity index (χ0v) is 12.4. The molecule has 0 spiro atoms. The molecule has 0 radical (unpaired) electrons. The molecule has 0 aliphatic heterocycles. The van der Waals surface area contributed by atoms with Crippen molar-refractivity contribution >= 4 is 29.2 Å². The molecule has 0 aliphatic rings. The highest BCUT2D eigenvalue weighted by Gasteiger charge is 2.30. The zero-order chi connectivity index (χ0) is 16.2. The van der Waals surface area contributed by atoms with Gasteiger partial charge in [-0.1, -0.05) is 25.4 Å². The monoisotopic (exact) mass is 315 g/mol. The van der Waals surface area contributed by atoms with Crippen LogP contribution in [0.1, 0.15) is 24.2 Å². The summed E-state index contributed by atoms with van der Waals surface area (Å²) in [6, 6.07) is 0.239. The molecule has 1 aromatic rings. The van der Waals surface area contributed by atoms with Gasteiger partial charge in [-0.15, -0.1) is 0 Å². The lowest BCUT2D eigenvalue weighted by molar-refractivity contribution is -0.385. The van der Waals surface area contributed by atoms with Gasteiger partial charge in [0.25, 0.3) is 5.91 Å². The summed E-state index contributed by atoms with van der Waals surface area (Å²) in [6.07, 6.45) is 1.17. The van der Waals surface area contributed by atoms with Crippen LogP contribution in [0.5, 0.6) is 0 Å². The number of esters is 1. The van der Waals surface area contributed by atoms with Crippen molar-refractivity contribution in [3.05, 3.63) is 33.1 Å². The van der Waals surface area contributed by atoms with E-state index >= 15 is 0 Å². The van der Waals surface area contributed by atoms with Crippen LogP contribution in [-0.4, -0.2) is 34.9 Å². The molecule has 1 aromatic heterocycles. The predicted molar refractivity (Wildman–Crippen MR) is 74.0 cm³/mol. The predicted octanol–water partition coefficient (Wildman–Crippen LogP) is 1.57.